The van der Waals surface area contributed by atoms with Crippen molar-refractivity contribution in [2.45, 2.75) is 54.5 Å². The van der Waals surface area contributed by atoms with E-state index < -0.39 is 11.7 Å². The fourth-order valence-electron chi connectivity index (χ4n) is 3.37. The Morgan fingerprint density at radius 1 is 0.815 bits per heavy atom. The lowest BCUT2D eigenvalue weighted by Crippen LogP contribution is -2.22. The molecule has 27 heavy (non-hydrogen) atoms. The molecule has 1 aliphatic rings. The largest absolute Gasteiger partial charge is 0.416 e. The SMILES string of the molecule is NCCCCCCCCN1c2ccccc2Sc2ccc(C(F)(F)F)cc21. The van der Waals surface area contributed by atoms with Crippen molar-refractivity contribution in [1.29, 1.82) is 0 Å². The van der Waals surface area contributed by atoms with Gasteiger partial charge in [-0.25, -0.2) is 0 Å². The van der Waals surface area contributed by atoms with Crippen molar-refractivity contribution < 1.29 is 13.2 Å². The molecule has 0 bridgehead atoms. The first-order chi connectivity index (χ1) is 13.0. The van der Waals surface area contributed by atoms with Gasteiger partial charge in [-0.05, 0) is 49.7 Å². The molecule has 0 saturated heterocycles. The van der Waals surface area contributed by atoms with Crippen molar-refractivity contribution in [3.8, 4) is 0 Å². The van der Waals surface area contributed by atoms with E-state index >= 15 is 0 Å². The van der Waals surface area contributed by atoms with Gasteiger partial charge in [-0.3, -0.25) is 0 Å². The standard InChI is InChI=1S/C21H25F3N2S/c22-21(23,24)16-11-12-20-18(15-16)26(14-8-4-2-1-3-7-13-25)17-9-5-6-10-19(17)27-20/h5-6,9-12,15H,1-4,7-8,13-14,25H2. The zero-order valence-corrected chi connectivity index (χ0v) is 16.1. The fourth-order valence-corrected chi connectivity index (χ4v) is 4.44. The molecule has 2 aromatic rings. The predicted molar refractivity (Wildman–Crippen MR) is 106 cm³/mol. The maximum Gasteiger partial charge on any atom is 0.416 e. The van der Waals surface area contributed by atoms with Gasteiger partial charge in [0.1, 0.15) is 0 Å². The highest BCUT2D eigenvalue weighted by Gasteiger charge is 2.33. The first-order valence-corrected chi connectivity index (χ1v) is 10.3. The first-order valence-electron chi connectivity index (χ1n) is 9.46. The highest BCUT2D eigenvalue weighted by Crippen LogP contribution is 2.49. The van der Waals surface area contributed by atoms with Crippen LogP contribution in [-0.2, 0) is 6.18 Å². The summed E-state index contributed by atoms with van der Waals surface area (Å²) < 4.78 is 39.6. The van der Waals surface area contributed by atoms with E-state index in [1.54, 1.807) is 6.07 Å². The Morgan fingerprint density at radius 3 is 2.22 bits per heavy atom. The molecule has 0 fully saturated rings. The van der Waals surface area contributed by atoms with Crippen LogP contribution in [-0.4, -0.2) is 13.1 Å². The van der Waals surface area contributed by atoms with Crippen molar-refractivity contribution >= 4 is 23.1 Å². The van der Waals surface area contributed by atoms with Gasteiger partial charge >= 0.3 is 6.18 Å². The number of alkyl halides is 3. The van der Waals surface area contributed by atoms with Gasteiger partial charge in [0, 0.05) is 16.3 Å². The number of fused-ring (bicyclic) bond motifs is 2. The maximum absolute atomic E-state index is 13.2. The van der Waals surface area contributed by atoms with Crippen molar-refractivity contribution in [1.82, 2.24) is 0 Å². The van der Waals surface area contributed by atoms with Crippen molar-refractivity contribution in [2.75, 3.05) is 18.0 Å². The molecule has 2 N–H and O–H groups in total. The second-order valence-corrected chi connectivity index (χ2v) is 7.90. The summed E-state index contributed by atoms with van der Waals surface area (Å²) in [7, 11) is 0. The van der Waals surface area contributed by atoms with Crippen LogP contribution in [0.3, 0.4) is 0 Å². The number of anilines is 2. The van der Waals surface area contributed by atoms with Crippen LogP contribution in [0, 0.1) is 0 Å². The average molecular weight is 395 g/mol. The summed E-state index contributed by atoms with van der Waals surface area (Å²) in [6, 6.07) is 12.0. The van der Waals surface area contributed by atoms with Crippen LogP contribution in [0.4, 0.5) is 24.5 Å². The third kappa shape index (κ3) is 4.99. The summed E-state index contributed by atoms with van der Waals surface area (Å²) in [4.78, 5) is 4.02. The molecule has 0 unspecified atom stereocenters. The first kappa shape index (κ1) is 20.1. The molecule has 0 atom stereocenters. The molecule has 6 heteroatoms. The van der Waals surface area contributed by atoms with E-state index in [9.17, 15) is 13.2 Å². The summed E-state index contributed by atoms with van der Waals surface area (Å²) >= 11 is 1.54. The number of unbranched alkanes of at least 4 members (excludes halogenated alkanes) is 5. The molecule has 3 rings (SSSR count). The molecule has 0 spiro atoms. The van der Waals surface area contributed by atoms with Crippen LogP contribution in [0.1, 0.15) is 44.1 Å². The van der Waals surface area contributed by atoms with Crippen LogP contribution < -0.4 is 10.6 Å². The molecule has 0 saturated carbocycles. The van der Waals surface area contributed by atoms with Crippen molar-refractivity contribution in [3.63, 3.8) is 0 Å². The van der Waals surface area contributed by atoms with Gasteiger partial charge in [-0.1, -0.05) is 49.6 Å². The van der Waals surface area contributed by atoms with Gasteiger partial charge in [0.15, 0.2) is 0 Å². The number of hydrogen-bond donors (Lipinski definition) is 1. The lowest BCUT2D eigenvalue weighted by atomic mass is 10.1. The normalized spacial score (nSPS) is 13.4. The zero-order valence-electron chi connectivity index (χ0n) is 15.3. The molecule has 1 heterocycles. The summed E-state index contributed by atoms with van der Waals surface area (Å²) in [6.07, 6.45) is 2.22. The number of hydrogen-bond acceptors (Lipinski definition) is 3. The van der Waals surface area contributed by atoms with E-state index in [2.05, 4.69) is 4.90 Å². The Hall–Kier alpha value is -1.66. The van der Waals surface area contributed by atoms with Crippen molar-refractivity contribution in [2.24, 2.45) is 5.73 Å². The highest BCUT2D eigenvalue weighted by molar-refractivity contribution is 7.99. The Labute approximate surface area is 162 Å². The second-order valence-electron chi connectivity index (χ2n) is 6.81. The predicted octanol–water partition coefficient (Wildman–Crippen LogP) is 6.61. The number of rotatable bonds is 8. The molecular weight excluding hydrogens is 369 g/mol. The van der Waals surface area contributed by atoms with Gasteiger partial charge in [0.25, 0.3) is 0 Å². The van der Waals surface area contributed by atoms with Gasteiger partial charge in [0.2, 0.25) is 0 Å². The minimum absolute atomic E-state index is 0.590. The number of halogens is 3. The average Bonchev–Trinajstić information content (AvgIpc) is 2.65. The maximum atomic E-state index is 13.2. The van der Waals surface area contributed by atoms with Gasteiger partial charge < -0.3 is 10.6 Å². The van der Waals surface area contributed by atoms with Gasteiger partial charge in [0.05, 0.1) is 16.9 Å². The van der Waals surface area contributed by atoms with E-state index in [0.29, 0.717) is 5.69 Å². The zero-order chi connectivity index (χ0) is 19.3. The fraction of sp³-hybridized carbons (Fsp3) is 0.429. The Morgan fingerprint density at radius 2 is 1.48 bits per heavy atom. The topological polar surface area (TPSA) is 29.3 Å². The van der Waals surface area contributed by atoms with E-state index in [4.69, 9.17) is 5.73 Å². The number of nitrogens with zero attached hydrogens (tertiary/aromatic N) is 1. The molecule has 0 aliphatic carbocycles. The summed E-state index contributed by atoms with van der Waals surface area (Å²) in [6.45, 7) is 1.46. The van der Waals surface area contributed by atoms with Crippen molar-refractivity contribution in [3.05, 3.63) is 48.0 Å². The van der Waals surface area contributed by atoms with Crippen LogP contribution >= 0.6 is 11.8 Å². The molecule has 146 valence electrons. The minimum atomic E-state index is -4.33. The van der Waals surface area contributed by atoms with Crippen LogP contribution in [0.2, 0.25) is 0 Å². The minimum Gasteiger partial charge on any atom is -0.340 e. The van der Waals surface area contributed by atoms with E-state index in [1.807, 2.05) is 24.3 Å². The second kappa shape index (κ2) is 9.02. The molecule has 0 aromatic heterocycles. The van der Waals surface area contributed by atoms with Gasteiger partial charge in [-0.2, -0.15) is 13.2 Å². The lowest BCUT2D eigenvalue weighted by Gasteiger charge is -2.33. The Bertz CT molecular complexity index is 761. The lowest BCUT2D eigenvalue weighted by molar-refractivity contribution is -0.137. The van der Waals surface area contributed by atoms with Crippen LogP contribution in [0.5, 0.6) is 0 Å². The van der Waals surface area contributed by atoms with E-state index in [-0.39, 0.29) is 0 Å². The third-order valence-electron chi connectivity index (χ3n) is 4.79. The summed E-state index contributed by atoms with van der Waals surface area (Å²) in [5, 5.41) is 0. The highest BCUT2D eigenvalue weighted by atomic mass is 32.2. The molecule has 2 nitrogen and oxygen atoms in total. The quantitative estimate of drug-likeness (QED) is 0.511. The third-order valence-corrected chi connectivity index (χ3v) is 5.92. The summed E-state index contributed by atoms with van der Waals surface area (Å²) in [5.74, 6) is 0. The molecule has 2 aromatic carbocycles. The van der Waals surface area contributed by atoms with Gasteiger partial charge in [-0.15, -0.1) is 0 Å². The van der Waals surface area contributed by atoms with E-state index in [0.717, 1.165) is 60.7 Å². The molecule has 1 aliphatic heterocycles. The monoisotopic (exact) mass is 394 g/mol. The Kier molecular flexibility index (Phi) is 6.71. The Balaban J connectivity index is 1.76. The summed E-state index contributed by atoms with van der Waals surface area (Å²) in [5.41, 5.74) is 6.58. The van der Waals surface area contributed by atoms with Crippen LogP contribution in [0.25, 0.3) is 0 Å². The number of para-hydroxylation sites is 1. The smallest absolute Gasteiger partial charge is 0.340 e. The molecular formula is C21H25F3N2S. The van der Waals surface area contributed by atoms with Crippen LogP contribution in [0.15, 0.2) is 52.3 Å². The number of nitrogens with two attached hydrogens (primary N) is 1. The molecule has 0 amide bonds. The molecule has 0 radical (unpaired) electrons. The van der Waals surface area contributed by atoms with E-state index in [1.165, 1.54) is 30.3 Å². The number of benzene rings is 2.